The second kappa shape index (κ2) is 12.2. The number of benzene rings is 2. The minimum atomic E-state index is -2.12. The summed E-state index contributed by atoms with van der Waals surface area (Å²) in [5, 5.41) is 72.9. The van der Waals surface area contributed by atoms with E-state index in [9.17, 15) is 45.3 Å². The Labute approximate surface area is 258 Å². The van der Waals surface area contributed by atoms with Crippen molar-refractivity contribution < 1.29 is 78.1 Å². The lowest BCUT2D eigenvalue weighted by molar-refractivity contribution is -0.319. The van der Waals surface area contributed by atoms with Gasteiger partial charge in [-0.1, -0.05) is 0 Å². The molecule has 0 radical (unpaired) electrons. The highest BCUT2D eigenvalue weighted by Gasteiger charge is 2.54. The minimum Gasteiger partial charge on any atom is -0.508 e. The molecule has 3 aromatic rings. The molecule has 2 aromatic carbocycles. The Bertz CT molecular complexity index is 1670. The molecule has 17 heteroatoms. The summed E-state index contributed by atoms with van der Waals surface area (Å²) in [6.45, 7) is -1.15. The number of carbonyl (C=O) groups is 1. The van der Waals surface area contributed by atoms with Crippen LogP contribution in [0.1, 0.15) is 6.92 Å². The molecule has 3 aliphatic heterocycles. The number of fused-ring (bicyclic) bond motifs is 2. The summed E-state index contributed by atoms with van der Waals surface area (Å²) in [7, 11) is 0. The van der Waals surface area contributed by atoms with Gasteiger partial charge in [0, 0.05) is 18.6 Å². The Morgan fingerprint density at radius 3 is 2.48 bits per heavy atom. The second-order valence-corrected chi connectivity index (χ2v) is 10.9. The summed E-state index contributed by atoms with van der Waals surface area (Å²) in [6, 6.07) is 6.73. The number of phenols is 2. The predicted molar refractivity (Wildman–Crippen MR) is 148 cm³/mol. The van der Waals surface area contributed by atoms with Crippen LogP contribution in [0, 0.1) is 0 Å². The van der Waals surface area contributed by atoms with Gasteiger partial charge in [-0.3, -0.25) is 9.59 Å². The van der Waals surface area contributed by atoms with Crippen LogP contribution < -0.4 is 19.6 Å². The monoisotopic (exact) mass is 650 g/mol. The fourth-order valence-corrected chi connectivity index (χ4v) is 5.25. The average Bonchev–Trinajstić information content (AvgIpc) is 3.62. The van der Waals surface area contributed by atoms with Crippen molar-refractivity contribution in [3.8, 4) is 40.1 Å². The number of rotatable bonds is 8. The largest absolute Gasteiger partial charge is 0.508 e. The molecule has 1 aromatic heterocycles. The minimum absolute atomic E-state index is 0.103. The SMILES string of the molecule is CC(=O)OC[C@H]1O[C@@H](Oc2c(-c3ccc(O)cc3)oc3cc4c(c(O)c3c2=O)OCO4)[C@H](O[C@@H]2OC[C@](O)(CO)[C@H]2O)[C@@H](O)[C@@H]1O. The standard InChI is InChI=1S/C29H30O17/c1-11(31)39-7-16-18(33)21(36)25(46-28-26(37)29(38,8-30)9-40-28)27(44-16)45-24-20(35)17-14(6-15-23(19(17)34)42-10-41-15)43-22(24)12-2-4-13(32)5-3-12/h2-6,16,18,21,25-28,30,32-34,36-38H,7-10H2,1H3/t16-,18-,21+,25-,26+,27+,28+,29-/m1/s1. The van der Waals surface area contributed by atoms with Crippen LogP contribution in [0.4, 0.5) is 0 Å². The van der Waals surface area contributed by atoms with Crippen LogP contribution in [0.3, 0.4) is 0 Å². The number of hydrogen-bond donors (Lipinski definition) is 7. The van der Waals surface area contributed by atoms with Gasteiger partial charge in [0.05, 0.1) is 13.2 Å². The predicted octanol–water partition coefficient (Wildman–Crippen LogP) is -1.19. The van der Waals surface area contributed by atoms with Crippen molar-refractivity contribution in [1.82, 2.24) is 0 Å². The lowest BCUT2D eigenvalue weighted by Crippen LogP contribution is -2.62. The van der Waals surface area contributed by atoms with Crippen molar-refractivity contribution in [2.45, 2.75) is 55.6 Å². The number of phenolic OH excluding ortho intramolecular Hbond substituents is 2. The third-order valence-electron chi connectivity index (χ3n) is 7.78. The van der Waals surface area contributed by atoms with Crippen molar-refractivity contribution in [2.24, 2.45) is 0 Å². The van der Waals surface area contributed by atoms with Crippen molar-refractivity contribution in [3.63, 3.8) is 0 Å². The van der Waals surface area contributed by atoms with E-state index >= 15 is 0 Å². The Kier molecular flexibility index (Phi) is 8.42. The van der Waals surface area contributed by atoms with Gasteiger partial charge in [0.25, 0.3) is 0 Å². The van der Waals surface area contributed by atoms with E-state index in [4.69, 9.17) is 37.6 Å². The van der Waals surface area contributed by atoms with Crippen LogP contribution >= 0.6 is 0 Å². The normalized spacial score (nSPS) is 30.4. The van der Waals surface area contributed by atoms with Crippen LogP contribution in [0.5, 0.6) is 28.7 Å². The summed E-state index contributed by atoms with van der Waals surface area (Å²) in [6.07, 6.45) is -12.2. The molecular weight excluding hydrogens is 620 g/mol. The molecule has 17 nitrogen and oxygen atoms in total. The Morgan fingerprint density at radius 1 is 1.07 bits per heavy atom. The zero-order valence-corrected chi connectivity index (χ0v) is 24.0. The number of aliphatic hydroxyl groups excluding tert-OH is 4. The van der Waals surface area contributed by atoms with Crippen molar-refractivity contribution in [2.75, 3.05) is 26.6 Å². The van der Waals surface area contributed by atoms with Gasteiger partial charge in [0.2, 0.25) is 30.0 Å². The Hall–Kier alpha value is -4.20. The quantitative estimate of drug-likeness (QED) is 0.142. The van der Waals surface area contributed by atoms with E-state index in [1.54, 1.807) is 0 Å². The third kappa shape index (κ3) is 5.56. The molecule has 8 atom stereocenters. The van der Waals surface area contributed by atoms with E-state index < -0.39 is 91.4 Å². The topological polar surface area (TPSA) is 253 Å². The summed E-state index contributed by atoms with van der Waals surface area (Å²) in [4.78, 5) is 25.6. The number of hydrogen-bond acceptors (Lipinski definition) is 17. The van der Waals surface area contributed by atoms with Crippen LogP contribution in [0.15, 0.2) is 39.5 Å². The maximum Gasteiger partial charge on any atom is 0.302 e. The first kappa shape index (κ1) is 31.8. The van der Waals surface area contributed by atoms with Crippen LogP contribution in [0.25, 0.3) is 22.3 Å². The molecule has 0 amide bonds. The van der Waals surface area contributed by atoms with E-state index in [1.165, 1.54) is 30.3 Å². The highest BCUT2D eigenvalue weighted by molar-refractivity contribution is 5.91. The number of aromatic hydroxyl groups is 2. The van der Waals surface area contributed by atoms with E-state index in [2.05, 4.69) is 0 Å². The molecule has 4 heterocycles. The number of ether oxygens (including phenoxy) is 7. The van der Waals surface area contributed by atoms with Crippen molar-refractivity contribution in [1.29, 1.82) is 0 Å². The Morgan fingerprint density at radius 2 is 1.80 bits per heavy atom. The maximum atomic E-state index is 14.1. The average molecular weight is 651 g/mol. The van der Waals surface area contributed by atoms with Gasteiger partial charge in [-0.15, -0.1) is 0 Å². The fraction of sp³-hybridized carbons (Fsp3) is 0.448. The van der Waals surface area contributed by atoms with E-state index in [1.807, 2.05) is 0 Å². The molecule has 6 rings (SSSR count). The second-order valence-electron chi connectivity index (χ2n) is 10.9. The highest BCUT2D eigenvalue weighted by Crippen LogP contribution is 2.46. The summed E-state index contributed by atoms with van der Waals surface area (Å²) in [5.74, 6) is -2.31. The van der Waals surface area contributed by atoms with Crippen LogP contribution in [-0.4, -0.2) is 117 Å². The summed E-state index contributed by atoms with van der Waals surface area (Å²) in [5.41, 5.74) is -3.00. The molecule has 7 N–H and O–H groups in total. The van der Waals surface area contributed by atoms with Gasteiger partial charge >= 0.3 is 5.97 Å². The summed E-state index contributed by atoms with van der Waals surface area (Å²) >= 11 is 0. The first-order valence-electron chi connectivity index (χ1n) is 13.9. The number of aliphatic hydroxyl groups is 5. The third-order valence-corrected chi connectivity index (χ3v) is 7.78. The molecule has 0 spiro atoms. The highest BCUT2D eigenvalue weighted by atomic mass is 16.8. The summed E-state index contributed by atoms with van der Waals surface area (Å²) < 4.78 is 44.4. The molecule has 248 valence electrons. The van der Waals surface area contributed by atoms with Gasteiger partial charge in [-0.25, -0.2) is 0 Å². The number of esters is 1. The lowest BCUT2D eigenvalue weighted by Gasteiger charge is -2.42. The van der Waals surface area contributed by atoms with Gasteiger partial charge in [0.1, 0.15) is 53.3 Å². The maximum absolute atomic E-state index is 14.1. The molecule has 2 fully saturated rings. The van der Waals surface area contributed by atoms with E-state index in [-0.39, 0.29) is 46.3 Å². The molecule has 0 unspecified atom stereocenters. The molecule has 0 bridgehead atoms. The first-order valence-corrected chi connectivity index (χ1v) is 13.9. The molecule has 2 saturated heterocycles. The van der Waals surface area contributed by atoms with Crippen LogP contribution in [-0.2, 0) is 23.7 Å². The lowest BCUT2D eigenvalue weighted by atomic mass is 9.98. The molecule has 0 saturated carbocycles. The molecule has 0 aliphatic carbocycles. The molecular formula is C29H30O17. The van der Waals surface area contributed by atoms with Gasteiger partial charge in [-0.2, -0.15) is 0 Å². The molecule has 3 aliphatic rings. The smallest absolute Gasteiger partial charge is 0.302 e. The zero-order chi connectivity index (χ0) is 32.9. The van der Waals surface area contributed by atoms with Crippen molar-refractivity contribution in [3.05, 3.63) is 40.6 Å². The van der Waals surface area contributed by atoms with E-state index in [0.29, 0.717) is 0 Å². The van der Waals surface area contributed by atoms with Gasteiger partial charge < -0.3 is 73.3 Å². The fourth-order valence-electron chi connectivity index (χ4n) is 5.25. The van der Waals surface area contributed by atoms with Gasteiger partial charge in [0.15, 0.2) is 29.7 Å². The number of carbonyl (C=O) groups excluding carboxylic acids is 1. The zero-order valence-electron chi connectivity index (χ0n) is 24.0. The first-order chi connectivity index (χ1) is 21.9. The molecule has 46 heavy (non-hydrogen) atoms. The van der Waals surface area contributed by atoms with Crippen LogP contribution in [0.2, 0.25) is 0 Å². The van der Waals surface area contributed by atoms with Crippen molar-refractivity contribution >= 4 is 16.9 Å². The van der Waals surface area contributed by atoms with Gasteiger partial charge in [-0.05, 0) is 24.3 Å². The van der Waals surface area contributed by atoms with E-state index in [0.717, 1.165) is 6.92 Å². The Balaban J connectivity index is 1.45.